The standard InChI is InChI=1S/C13H29NO3S/c1-5-7-8-9-10-11-12-14(3,4)13(6-2)18(15,16)17/h13H,5-12H2,1-4H3. The molecule has 0 heterocycles. The first-order valence-electron chi connectivity index (χ1n) is 7.03. The van der Waals surface area contributed by atoms with E-state index in [0.717, 1.165) is 19.4 Å². The van der Waals surface area contributed by atoms with E-state index in [1.807, 2.05) is 14.1 Å². The number of unbranched alkanes of at least 4 members (excludes halogenated alkanes) is 5. The molecular weight excluding hydrogens is 250 g/mol. The molecule has 0 rings (SSSR count). The fourth-order valence-corrected chi connectivity index (χ4v) is 3.70. The maximum Gasteiger partial charge on any atom is 0.178 e. The molecule has 0 saturated heterocycles. The number of quaternary nitrogens is 1. The first kappa shape index (κ1) is 17.9. The number of hydrogen-bond donors (Lipinski definition) is 0. The van der Waals surface area contributed by atoms with E-state index in [-0.39, 0.29) is 4.48 Å². The monoisotopic (exact) mass is 279 g/mol. The third kappa shape index (κ3) is 6.71. The van der Waals surface area contributed by atoms with Gasteiger partial charge in [0.1, 0.15) is 10.1 Å². The van der Waals surface area contributed by atoms with Gasteiger partial charge >= 0.3 is 0 Å². The van der Waals surface area contributed by atoms with Crippen LogP contribution in [0.15, 0.2) is 0 Å². The molecule has 5 heteroatoms. The third-order valence-corrected chi connectivity index (χ3v) is 5.12. The normalized spacial score (nSPS) is 14.7. The van der Waals surface area contributed by atoms with Gasteiger partial charge in [0.25, 0.3) is 0 Å². The van der Waals surface area contributed by atoms with Crippen LogP contribution in [0.1, 0.15) is 58.8 Å². The molecule has 0 aromatic carbocycles. The molecule has 0 fully saturated rings. The SMILES string of the molecule is CCCCCCCC[N+](C)(C)C(CC)S(=O)(=O)[O-]. The van der Waals surface area contributed by atoms with Gasteiger partial charge in [0.15, 0.2) is 5.37 Å². The summed E-state index contributed by atoms with van der Waals surface area (Å²) in [6.07, 6.45) is 7.45. The van der Waals surface area contributed by atoms with E-state index in [2.05, 4.69) is 6.92 Å². The quantitative estimate of drug-likeness (QED) is 0.351. The molecule has 0 spiro atoms. The van der Waals surface area contributed by atoms with Crippen molar-refractivity contribution in [1.82, 2.24) is 0 Å². The molecule has 4 nitrogen and oxygen atoms in total. The van der Waals surface area contributed by atoms with E-state index in [1.165, 1.54) is 25.7 Å². The summed E-state index contributed by atoms with van der Waals surface area (Å²) >= 11 is 0. The number of hydrogen-bond acceptors (Lipinski definition) is 3. The highest BCUT2D eigenvalue weighted by molar-refractivity contribution is 7.86. The Hall–Kier alpha value is -0.130. The first-order chi connectivity index (χ1) is 8.25. The topological polar surface area (TPSA) is 57.2 Å². The van der Waals surface area contributed by atoms with Gasteiger partial charge < -0.3 is 9.04 Å². The van der Waals surface area contributed by atoms with Crippen LogP contribution in [0.3, 0.4) is 0 Å². The molecule has 0 aromatic heterocycles. The zero-order valence-corrected chi connectivity index (χ0v) is 13.1. The Balaban J connectivity index is 4.13. The maximum atomic E-state index is 11.2. The average molecular weight is 279 g/mol. The van der Waals surface area contributed by atoms with Crippen LogP contribution in [0.2, 0.25) is 0 Å². The molecule has 1 atom stereocenters. The summed E-state index contributed by atoms with van der Waals surface area (Å²) in [6.45, 7) is 4.71. The fourth-order valence-electron chi connectivity index (χ4n) is 2.49. The van der Waals surface area contributed by atoms with Crippen molar-refractivity contribution in [3.8, 4) is 0 Å². The van der Waals surface area contributed by atoms with Gasteiger partial charge in [-0.05, 0) is 12.8 Å². The molecular formula is C13H29NO3S. The molecule has 0 aliphatic rings. The van der Waals surface area contributed by atoms with Crippen molar-refractivity contribution >= 4 is 10.1 Å². The lowest BCUT2D eigenvalue weighted by Crippen LogP contribution is -2.52. The highest BCUT2D eigenvalue weighted by Gasteiger charge is 2.31. The van der Waals surface area contributed by atoms with E-state index >= 15 is 0 Å². The van der Waals surface area contributed by atoms with Crippen molar-refractivity contribution in [3.05, 3.63) is 0 Å². The predicted molar refractivity (Wildman–Crippen MR) is 74.1 cm³/mol. The summed E-state index contributed by atoms with van der Waals surface area (Å²) in [5.74, 6) is 0. The molecule has 0 aliphatic heterocycles. The van der Waals surface area contributed by atoms with Gasteiger partial charge in [0, 0.05) is 6.42 Å². The summed E-state index contributed by atoms with van der Waals surface area (Å²) < 4.78 is 33.9. The second-order valence-electron chi connectivity index (χ2n) is 5.63. The Morgan fingerprint density at radius 1 is 1.00 bits per heavy atom. The Kier molecular flexibility index (Phi) is 8.06. The molecule has 0 N–H and O–H groups in total. The van der Waals surface area contributed by atoms with Gasteiger partial charge in [0.2, 0.25) is 0 Å². The maximum absolute atomic E-state index is 11.2. The van der Waals surface area contributed by atoms with Gasteiger partial charge in [-0.25, -0.2) is 8.42 Å². The first-order valence-corrected chi connectivity index (χ1v) is 8.50. The molecule has 0 saturated carbocycles. The second-order valence-corrected chi connectivity index (χ2v) is 7.16. The minimum Gasteiger partial charge on any atom is -0.743 e. The molecule has 110 valence electrons. The van der Waals surface area contributed by atoms with Gasteiger partial charge in [-0.2, -0.15) is 0 Å². The van der Waals surface area contributed by atoms with Crippen molar-refractivity contribution in [2.75, 3.05) is 20.6 Å². The van der Waals surface area contributed by atoms with Crippen LogP contribution in [0.4, 0.5) is 0 Å². The van der Waals surface area contributed by atoms with E-state index in [4.69, 9.17) is 0 Å². The number of rotatable bonds is 10. The largest absolute Gasteiger partial charge is 0.743 e. The lowest BCUT2D eigenvalue weighted by molar-refractivity contribution is -0.902. The zero-order chi connectivity index (χ0) is 14.2. The molecule has 0 aromatic rings. The summed E-state index contributed by atoms with van der Waals surface area (Å²) in [6, 6.07) is 0. The minimum atomic E-state index is -4.20. The average Bonchev–Trinajstić information content (AvgIpc) is 2.21. The van der Waals surface area contributed by atoms with E-state index in [1.54, 1.807) is 6.92 Å². The smallest absolute Gasteiger partial charge is 0.178 e. The van der Waals surface area contributed by atoms with Crippen molar-refractivity contribution in [3.63, 3.8) is 0 Å². The van der Waals surface area contributed by atoms with Gasteiger partial charge in [-0.1, -0.05) is 39.5 Å². The second kappa shape index (κ2) is 8.12. The molecule has 18 heavy (non-hydrogen) atoms. The van der Waals surface area contributed by atoms with Crippen molar-refractivity contribution in [1.29, 1.82) is 0 Å². The van der Waals surface area contributed by atoms with Gasteiger partial charge in [0.05, 0.1) is 20.6 Å². The predicted octanol–water partition coefficient (Wildman–Crippen LogP) is 2.70. The Bertz CT molecular complexity index is 312. The lowest BCUT2D eigenvalue weighted by Gasteiger charge is -2.38. The van der Waals surface area contributed by atoms with E-state index in [0.29, 0.717) is 6.42 Å². The van der Waals surface area contributed by atoms with Crippen LogP contribution in [-0.4, -0.2) is 43.5 Å². The minimum absolute atomic E-state index is 0.288. The van der Waals surface area contributed by atoms with Crippen molar-refractivity contribution in [2.45, 2.75) is 64.2 Å². The summed E-state index contributed by atoms with van der Waals surface area (Å²) in [5, 5.41) is -0.812. The molecule has 1 unspecified atom stereocenters. The highest BCUT2D eigenvalue weighted by atomic mass is 32.2. The van der Waals surface area contributed by atoms with Crippen LogP contribution in [0.5, 0.6) is 0 Å². The Morgan fingerprint density at radius 2 is 1.50 bits per heavy atom. The van der Waals surface area contributed by atoms with Crippen molar-refractivity contribution < 1.29 is 17.5 Å². The fraction of sp³-hybridized carbons (Fsp3) is 1.00. The van der Waals surface area contributed by atoms with Gasteiger partial charge in [-0.15, -0.1) is 0 Å². The van der Waals surface area contributed by atoms with Crippen LogP contribution in [-0.2, 0) is 10.1 Å². The van der Waals surface area contributed by atoms with Gasteiger partial charge in [-0.3, -0.25) is 0 Å². The van der Waals surface area contributed by atoms with Crippen molar-refractivity contribution in [2.24, 2.45) is 0 Å². The highest BCUT2D eigenvalue weighted by Crippen LogP contribution is 2.18. The third-order valence-electron chi connectivity index (χ3n) is 3.55. The Morgan fingerprint density at radius 3 is 1.94 bits per heavy atom. The van der Waals surface area contributed by atoms with E-state index in [9.17, 15) is 13.0 Å². The number of nitrogens with zero attached hydrogens (tertiary/aromatic N) is 1. The molecule has 0 bridgehead atoms. The summed E-state index contributed by atoms with van der Waals surface area (Å²) in [4.78, 5) is 0. The van der Waals surface area contributed by atoms with Crippen LogP contribution >= 0.6 is 0 Å². The van der Waals surface area contributed by atoms with Crippen LogP contribution < -0.4 is 0 Å². The molecule has 0 aliphatic carbocycles. The summed E-state index contributed by atoms with van der Waals surface area (Å²) in [5.41, 5.74) is 0. The summed E-state index contributed by atoms with van der Waals surface area (Å²) in [7, 11) is -0.516. The zero-order valence-electron chi connectivity index (χ0n) is 12.3. The lowest BCUT2D eigenvalue weighted by atomic mass is 10.1. The molecule has 0 amide bonds. The molecule has 0 radical (unpaired) electrons. The van der Waals surface area contributed by atoms with Crippen LogP contribution in [0, 0.1) is 0 Å². The van der Waals surface area contributed by atoms with Crippen LogP contribution in [0.25, 0.3) is 0 Å². The van der Waals surface area contributed by atoms with E-state index < -0.39 is 15.5 Å². The Labute approximate surface area is 113 Å².